The number of halogens is 2. The predicted molar refractivity (Wildman–Crippen MR) is 75.2 cm³/mol. The van der Waals surface area contributed by atoms with Gasteiger partial charge in [-0.1, -0.05) is 12.1 Å². The van der Waals surface area contributed by atoms with E-state index in [2.05, 4.69) is 25.9 Å². The minimum Gasteiger partial charge on any atom is -0.324 e. The van der Waals surface area contributed by atoms with Crippen molar-refractivity contribution in [3.8, 4) is 0 Å². The molecule has 2 heterocycles. The van der Waals surface area contributed by atoms with Crippen molar-refractivity contribution >= 4 is 33.1 Å². The third kappa shape index (κ3) is 2.08. The molecule has 0 aliphatic carbocycles. The van der Waals surface area contributed by atoms with E-state index < -0.39 is 0 Å². The molecule has 0 aliphatic rings. The zero-order valence-electron chi connectivity index (χ0n) is 10.1. The number of hydrogen-bond acceptors (Lipinski definition) is 3. The summed E-state index contributed by atoms with van der Waals surface area (Å²) in [4.78, 5) is 10.3. The zero-order chi connectivity index (χ0) is 13.4. The van der Waals surface area contributed by atoms with Crippen LogP contribution in [-0.2, 0) is 0 Å². The van der Waals surface area contributed by atoms with Crippen molar-refractivity contribution in [3.05, 3.63) is 53.3 Å². The summed E-state index contributed by atoms with van der Waals surface area (Å²) in [7, 11) is 1.77. The number of imidazole rings is 1. The lowest BCUT2D eigenvalue weighted by Crippen LogP contribution is -2.14. The van der Waals surface area contributed by atoms with Crippen LogP contribution in [0.4, 0.5) is 15.9 Å². The first-order chi connectivity index (χ1) is 9.16. The number of benzene rings is 1. The molecule has 96 valence electrons. The lowest BCUT2D eigenvalue weighted by atomic mass is 10.3. The third-order valence-corrected chi connectivity index (χ3v) is 3.24. The van der Waals surface area contributed by atoms with Gasteiger partial charge in [-0.25, -0.2) is 14.4 Å². The number of nitrogens with zero attached hydrogens (tertiary/aromatic N) is 4. The summed E-state index contributed by atoms with van der Waals surface area (Å²) in [5, 5.41) is 0. The lowest BCUT2D eigenvalue weighted by Gasteiger charge is -2.19. The molecule has 0 spiro atoms. The largest absolute Gasteiger partial charge is 0.324 e. The topological polar surface area (TPSA) is 33.4 Å². The average Bonchev–Trinajstić information content (AvgIpc) is 2.85. The van der Waals surface area contributed by atoms with Gasteiger partial charge in [-0.3, -0.25) is 0 Å². The molecule has 2 aromatic heterocycles. The standard InChI is InChI=1S/C13H10BrFN4/c1-18(10-5-3-2-4-9(10)15)13-12-16-6-7-19(12)8-11(14)17-13/h2-8H,1H3. The Morgan fingerprint density at radius 2 is 2.11 bits per heavy atom. The monoisotopic (exact) mass is 320 g/mol. The number of anilines is 2. The third-order valence-electron chi connectivity index (χ3n) is 2.86. The van der Waals surface area contributed by atoms with Crippen LogP contribution >= 0.6 is 15.9 Å². The van der Waals surface area contributed by atoms with Gasteiger partial charge in [0.15, 0.2) is 11.5 Å². The maximum atomic E-state index is 13.8. The van der Waals surface area contributed by atoms with Gasteiger partial charge in [0, 0.05) is 25.6 Å². The fourth-order valence-corrected chi connectivity index (χ4v) is 2.34. The van der Waals surface area contributed by atoms with E-state index in [9.17, 15) is 4.39 Å². The van der Waals surface area contributed by atoms with Crippen LogP contribution in [0.3, 0.4) is 0 Å². The molecular weight excluding hydrogens is 311 g/mol. The van der Waals surface area contributed by atoms with Crippen LogP contribution in [-0.4, -0.2) is 21.4 Å². The summed E-state index contributed by atoms with van der Waals surface area (Å²) < 4.78 is 16.3. The minimum atomic E-state index is -0.295. The summed E-state index contributed by atoms with van der Waals surface area (Å²) in [6.45, 7) is 0. The van der Waals surface area contributed by atoms with Crippen molar-refractivity contribution in [1.82, 2.24) is 14.4 Å². The molecule has 6 heteroatoms. The minimum absolute atomic E-state index is 0.295. The highest BCUT2D eigenvalue weighted by Gasteiger charge is 2.15. The Hall–Kier alpha value is -1.95. The second kappa shape index (κ2) is 4.62. The van der Waals surface area contributed by atoms with Crippen LogP contribution in [0.15, 0.2) is 47.5 Å². The zero-order valence-corrected chi connectivity index (χ0v) is 11.7. The molecule has 4 nitrogen and oxygen atoms in total. The Balaban J connectivity index is 2.19. The predicted octanol–water partition coefficient (Wildman–Crippen LogP) is 3.40. The summed E-state index contributed by atoms with van der Waals surface area (Å²) in [6.07, 6.45) is 5.31. The summed E-state index contributed by atoms with van der Waals surface area (Å²) >= 11 is 3.35. The SMILES string of the molecule is CN(c1ccccc1F)c1nc(Br)cn2ccnc12. The summed E-state index contributed by atoms with van der Waals surface area (Å²) in [5.74, 6) is 0.293. The Kier molecular flexibility index (Phi) is 2.94. The van der Waals surface area contributed by atoms with Gasteiger partial charge in [0.25, 0.3) is 0 Å². The number of para-hydroxylation sites is 1. The lowest BCUT2D eigenvalue weighted by molar-refractivity contribution is 0.627. The van der Waals surface area contributed by atoms with Gasteiger partial charge in [0.05, 0.1) is 5.69 Å². The van der Waals surface area contributed by atoms with Crippen molar-refractivity contribution in [1.29, 1.82) is 0 Å². The average molecular weight is 321 g/mol. The van der Waals surface area contributed by atoms with Crippen LogP contribution in [0.25, 0.3) is 5.65 Å². The van der Waals surface area contributed by atoms with E-state index in [0.717, 1.165) is 0 Å². The van der Waals surface area contributed by atoms with Gasteiger partial charge in [-0.15, -0.1) is 0 Å². The maximum Gasteiger partial charge on any atom is 0.180 e. The molecule has 0 radical (unpaired) electrons. The van der Waals surface area contributed by atoms with E-state index >= 15 is 0 Å². The molecule has 1 aromatic carbocycles. The van der Waals surface area contributed by atoms with Gasteiger partial charge >= 0.3 is 0 Å². The Morgan fingerprint density at radius 3 is 2.89 bits per heavy atom. The molecular formula is C13H10BrFN4. The molecule has 0 fully saturated rings. The molecule has 0 atom stereocenters. The first-order valence-corrected chi connectivity index (χ1v) is 6.43. The van der Waals surface area contributed by atoms with E-state index in [0.29, 0.717) is 21.8 Å². The molecule has 0 N–H and O–H groups in total. The van der Waals surface area contributed by atoms with Crippen LogP contribution in [0, 0.1) is 5.82 Å². The van der Waals surface area contributed by atoms with E-state index in [1.54, 1.807) is 42.5 Å². The van der Waals surface area contributed by atoms with Crippen molar-refractivity contribution in [3.63, 3.8) is 0 Å². The van der Waals surface area contributed by atoms with Crippen molar-refractivity contribution in [2.24, 2.45) is 0 Å². The first-order valence-electron chi connectivity index (χ1n) is 5.64. The van der Waals surface area contributed by atoms with E-state index in [1.165, 1.54) is 6.07 Å². The van der Waals surface area contributed by atoms with Crippen LogP contribution in [0.5, 0.6) is 0 Å². The second-order valence-electron chi connectivity index (χ2n) is 4.06. The van der Waals surface area contributed by atoms with Gasteiger partial charge in [-0.2, -0.15) is 0 Å². The molecule has 0 saturated carbocycles. The normalized spacial score (nSPS) is 10.9. The Morgan fingerprint density at radius 1 is 1.32 bits per heavy atom. The molecule has 0 aliphatic heterocycles. The van der Waals surface area contributed by atoms with Crippen molar-refractivity contribution in [2.75, 3.05) is 11.9 Å². The van der Waals surface area contributed by atoms with E-state index in [-0.39, 0.29) is 5.82 Å². The highest BCUT2D eigenvalue weighted by molar-refractivity contribution is 9.10. The van der Waals surface area contributed by atoms with Gasteiger partial charge in [-0.05, 0) is 28.1 Å². The molecule has 0 bridgehead atoms. The number of fused-ring (bicyclic) bond motifs is 1. The van der Waals surface area contributed by atoms with Crippen molar-refractivity contribution < 1.29 is 4.39 Å². The first kappa shape index (κ1) is 12.1. The number of rotatable bonds is 2. The van der Waals surface area contributed by atoms with Crippen LogP contribution in [0.1, 0.15) is 0 Å². The van der Waals surface area contributed by atoms with E-state index in [1.807, 2.05) is 10.6 Å². The van der Waals surface area contributed by atoms with Gasteiger partial charge in [0.2, 0.25) is 0 Å². The molecule has 0 unspecified atom stereocenters. The molecule has 0 saturated heterocycles. The van der Waals surface area contributed by atoms with Gasteiger partial charge < -0.3 is 9.30 Å². The fourth-order valence-electron chi connectivity index (χ4n) is 1.95. The quantitative estimate of drug-likeness (QED) is 0.725. The molecule has 0 amide bonds. The number of aromatic nitrogens is 3. The molecule has 3 aromatic rings. The highest BCUT2D eigenvalue weighted by atomic mass is 79.9. The van der Waals surface area contributed by atoms with Crippen LogP contribution in [0.2, 0.25) is 0 Å². The molecule has 3 rings (SSSR count). The van der Waals surface area contributed by atoms with Gasteiger partial charge in [0.1, 0.15) is 10.4 Å². The van der Waals surface area contributed by atoms with Crippen molar-refractivity contribution in [2.45, 2.75) is 0 Å². The summed E-state index contributed by atoms with van der Waals surface area (Å²) in [5.41, 5.74) is 1.13. The Bertz CT molecular complexity index is 740. The van der Waals surface area contributed by atoms with E-state index in [4.69, 9.17) is 0 Å². The Labute approximate surface area is 117 Å². The second-order valence-corrected chi connectivity index (χ2v) is 4.87. The molecule has 19 heavy (non-hydrogen) atoms. The maximum absolute atomic E-state index is 13.8. The smallest absolute Gasteiger partial charge is 0.180 e. The highest BCUT2D eigenvalue weighted by Crippen LogP contribution is 2.28. The summed E-state index contributed by atoms with van der Waals surface area (Å²) in [6, 6.07) is 6.58. The number of hydrogen-bond donors (Lipinski definition) is 0. The fraction of sp³-hybridized carbons (Fsp3) is 0.0769. The van der Waals surface area contributed by atoms with Crippen LogP contribution < -0.4 is 4.90 Å².